The summed E-state index contributed by atoms with van der Waals surface area (Å²) in [5.74, 6) is 1.26. The molecule has 0 radical (unpaired) electrons. The van der Waals surface area contributed by atoms with Gasteiger partial charge in [-0.3, -0.25) is 0 Å². The van der Waals surface area contributed by atoms with Gasteiger partial charge in [-0.2, -0.15) is 4.98 Å². The van der Waals surface area contributed by atoms with E-state index in [1.807, 2.05) is 0 Å². The largest absolute Gasteiger partial charge is 0.370 e. The maximum Gasteiger partial charge on any atom is 0.257 e. The highest BCUT2D eigenvalue weighted by atomic mass is 16.5. The summed E-state index contributed by atoms with van der Waals surface area (Å²) < 4.78 is 10.2. The fourth-order valence-corrected chi connectivity index (χ4v) is 1.32. The van der Waals surface area contributed by atoms with Crippen molar-refractivity contribution in [2.45, 2.75) is 31.3 Å². The molecule has 1 aliphatic carbocycles. The van der Waals surface area contributed by atoms with Crippen molar-refractivity contribution in [3.8, 4) is 0 Å². The van der Waals surface area contributed by atoms with Crippen molar-refractivity contribution in [2.24, 2.45) is 5.73 Å². The van der Waals surface area contributed by atoms with Gasteiger partial charge in [-0.05, 0) is 12.8 Å². The van der Waals surface area contributed by atoms with E-state index < -0.39 is 0 Å². The second kappa shape index (κ2) is 3.33. The number of nitrogens with two attached hydrogens (primary N) is 1. The van der Waals surface area contributed by atoms with E-state index in [1.54, 1.807) is 7.11 Å². The molecule has 2 N–H and O–H groups in total. The molecular formula is C9H15N3O2. The summed E-state index contributed by atoms with van der Waals surface area (Å²) in [7, 11) is 1.58. The molecule has 0 bridgehead atoms. The third-order valence-corrected chi connectivity index (χ3v) is 2.76. The predicted molar refractivity (Wildman–Crippen MR) is 49.7 cm³/mol. The zero-order chi connectivity index (χ0) is 10.2. The van der Waals surface area contributed by atoms with E-state index in [4.69, 9.17) is 15.0 Å². The normalized spacial score (nSPS) is 20.8. The molecule has 1 aromatic rings. The van der Waals surface area contributed by atoms with E-state index in [2.05, 4.69) is 17.1 Å². The highest BCUT2D eigenvalue weighted by Crippen LogP contribution is 2.46. The Morgan fingerprint density at radius 3 is 2.86 bits per heavy atom. The predicted octanol–water partition coefficient (Wildman–Crippen LogP) is 0.767. The topological polar surface area (TPSA) is 74.2 Å². The molecule has 0 aromatic carbocycles. The Labute approximate surface area is 82.6 Å². The first-order chi connectivity index (χ1) is 6.69. The first kappa shape index (κ1) is 9.61. The van der Waals surface area contributed by atoms with Crippen LogP contribution in [0, 0.1) is 0 Å². The fraction of sp³-hybridized carbons (Fsp3) is 0.778. The van der Waals surface area contributed by atoms with Crippen LogP contribution in [0.25, 0.3) is 0 Å². The summed E-state index contributed by atoms with van der Waals surface area (Å²) in [4.78, 5) is 4.30. The van der Waals surface area contributed by atoms with Crippen LogP contribution >= 0.6 is 0 Å². The van der Waals surface area contributed by atoms with Crippen molar-refractivity contribution in [1.29, 1.82) is 0 Å². The van der Waals surface area contributed by atoms with Crippen LogP contribution in [-0.2, 0) is 10.2 Å². The van der Waals surface area contributed by atoms with Gasteiger partial charge in [0.15, 0.2) is 5.82 Å². The van der Waals surface area contributed by atoms with Crippen LogP contribution in [0.1, 0.15) is 37.6 Å². The number of ether oxygens (including phenoxy) is 1. The average molecular weight is 197 g/mol. The Morgan fingerprint density at radius 2 is 2.36 bits per heavy atom. The lowest BCUT2D eigenvalue weighted by atomic mass is 10.1. The minimum atomic E-state index is -0.279. The summed E-state index contributed by atoms with van der Waals surface area (Å²) in [5, 5.41) is 3.95. The second-order valence-corrected chi connectivity index (χ2v) is 3.98. The molecule has 5 heteroatoms. The molecule has 1 aliphatic rings. The van der Waals surface area contributed by atoms with Crippen LogP contribution in [0.3, 0.4) is 0 Å². The molecule has 1 unspecified atom stereocenters. The van der Waals surface area contributed by atoms with Crippen LogP contribution < -0.4 is 5.73 Å². The Balaban J connectivity index is 2.16. The molecule has 0 amide bonds. The lowest BCUT2D eigenvalue weighted by Gasteiger charge is -2.05. The maximum atomic E-state index is 5.50. The molecule has 0 saturated heterocycles. The highest BCUT2D eigenvalue weighted by molar-refractivity contribution is 5.14. The van der Waals surface area contributed by atoms with Crippen molar-refractivity contribution in [3.63, 3.8) is 0 Å². The Bertz CT molecular complexity index is 316. The number of hydrogen-bond donors (Lipinski definition) is 1. The van der Waals surface area contributed by atoms with E-state index >= 15 is 0 Å². The van der Waals surface area contributed by atoms with Crippen molar-refractivity contribution < 1.29 is 9.26 Å². The summed E-state index contributed by atoms with van der Waals surface area (Å²) in [6.07, 6.45) is 1.98. The molecule has 5 nitrogen and oxygen atoms in total. The van der Waals surface area contributed by atoms with Gasteiger partial charge in [-0.25, -0.2) is 0 Å². The van der Waals surface area contributed by atoms with E-state index in [9.17, 15) is 0 Å². The number of aromatic nitrogens is 2. The fourth-order valence-electron chi connectivity index (χ4n) is 1.32. The van der Waals surface area contributed by atoms with Gasteiger partial charge < -0.3 is 15.0 Å². The number of methoxy groups -OCH3 is 1. The van der Waals surface area contributed by atoms with Gasteiger partial charge in [0.1, 0.15) is 6.10 Å². The van der Waals surface area contributed by atoms with Crippen LogP contribution in [0.15, 0.2) is 4.52 Å². The first-order valence-electron chi connectivity index (χ1n) is 4.76. The van der Waals surface area contributed by atoms with Gasteiger partial charge in [-0.1, -0.05) is 12.1 Å². The molecule has 1 heterocycles. The Kier molecular flexibility index (Phi) is 2.28. The van der Waals surface area contributed by atoms with E-state index in [-0.39, 0.29) is 11.5 Å². The average Bonchev–Trinajstić information content (AvgIpc) is 2.76. The quantitative estimate of drug-likeness (QED) is 0.771. The summed E-state index contributed by atoms with van der Waals surface area (Å²) >= 11 is 0. The van der Waals surface area contributed by atoms with Gasteiger partial charge in [0.05, 0.1) is 0 Å². The maximum absolute atomic E-state index is 5.50. The molecule has 1 saturated carbocycles. The smallest absolute Gasteiger partial charge is 0.257 e. The van der Waals surface area contributed by atoms with E-state index in [1.165, 1.54) is 0 Å². The zero-order valence-corrected chi connectivity index (χ0v) is 8.49. The van der Waals surface area contributed by atoms with Gasteiger partial charge in [0, 0.05) is 19.1 Å². The Morgan fingerprint density at radius 1 is 1.64 bits per heavy atom. The molecule has 0 aliphatic heterocycles. The third kappa shape index (κ3) is 1.53. The molecular weight excluding hydrogens is 182 g/mol. The Hall–Kier alpha value is -0.940. The molecule has 1 atom stereocenters. The number of nitrogens with zero attached hydrogens (tertiary/aromatic N) is 2. The van der Waals surface area contributed by atoms with Gasteiger partial charge in [0.2, 0.25) is 0 Å². The molecule has 1 fully saturated rings. The minimum absolute atomic E-state index is 0.134. The lowest BCUT2D eigenvalue weighted by Crippen LogP contribution is -2.14. The molecule has 14 heavy (non-hydrogen) atoms. The van der Waals surface area contributed by atoms with Gasteiger partial charge in [0.25, 0.3) is 5.89 Å². The first-order valence-corrected chi connectivity index (χ1v) is 4.76. The zero-order valence-electron chi connectivity index (χ0n) is 8.49. The minimum Gasteiger partial charge on any atom is -0.370 e. The molecule has 2 rings (SSSR count). The second-order valence-electron chi connectivity index (χ2n) is 3.98. The SMILES string of the molecule is COC(CN)c1nc(C2(C)CC2)no1. The van der Waals surface area contributed by atoms with Crippen molar-refractivity contribution in [2.75, 3.05) is 13.7 Å². The molecule has 1 aromatic heterocycles. The van der Waals surface area contributed by atoms with Crippen LogP contribution in [0.4, 0.5) is 0 Å². The standard InChI is InChI=1S/C9H15N3O2/c1-9(3-4-9)8-11-7(14-12-8)6(5-10)13-2/h6H,3-5,10H2,1-2H3. The summed E-state index contributed by atoms with van der Waals surface area (Å²) in [6.45, 7) is 2.49. The van der Waals surface area contributed by atoms with Crippen molar-refractivity contribution in [3.05, 3.63) is 11.7 Å². The summed E-state index contributed by atoms with van der Waals surface area (Å²) in [5.41, 5.74) is 5.63. The third-order valence-electron chi connectivity index (χ3n) is 2.76. The monoisotopic (exact) mass is 197 g/mol. The molecule has 78 valence electrons. The molecule has 0 spiro atoms. The van der Waals surface area contributed by atoms with Crippen LogP contribution in [-0.4, -0.2) is 23.8 Å². The van der Waals surface area contributed by atoms with Crippen molar-refractivity contribution in [1.82, 2.24) is 10.1 Å². The summed E-state index contributed by atoms with van der Waals surface area (Å²) in [6, 6.07) is 0. The number of rotatable bonds is 4. The highest BCUT2D eigenvalue weighted by Gasteiger charge is 2.43. The van der Waals surface area contributed by atoms with Gasteiger partial charge >= 0.3 is 0 Å². The lowest BCUT2D eigenvalue weighted by molar-refractivity contribution is 0.0803. The van der Waals surface area contributed by atoms with Gasteiger partial charge in [-0.15, -0.1) is 0 Å². The van der Waals surface area contributed by atoms with Crippen LogP contribution in [0.5, 0.6) is 0 Å². The number of hydrogen-bond acceptors (Lipinski definition) is 5. The van der Waals surface area contributed by atoms with E-state index in [0.29, 0.717) is 12.4 Å². The van der Waals surface area contributed by atoms with E-state index in [0.717, 1.165) is 18.7 Å². The van der Waals surface area contributed by atoms with Crippen LogP contribution in [0.2, 0.25) is 0 Å². The van der Waals surface area contributed by atoms with Crippen molar-refractivity contribution >= 4 is 0 Å².